The van der Waals surface area contributed by atoms with Gasteiger partial charge in [0, 0.05) is 48.1 Å². The number of thiazole rings is 1. The number of hydrogen-bond donors (Lipinski definition) is 3. The molecule has 1 saturated heterocycles. The highest BCUT2D eigenvalue weighted by molar-refractivity contribution is 7.15. The van der Waals surface area contributed by atoms with Crippen molar-refractivity contribution in [3.8, 4) is 28.0 Å². The van der Waals surface area contributed by atoms with E-state index in [-0.39, 0.29) is 12.4 Å². The molecule has 7 nitrogen and oxygen atoms in total. The summed E-state index contributed by atoms with van der Waals surface area (Å²) in [5.74, 6) is 6.24. The predicted molar refractivity (Wildman–Crippen MR) is 127 cm³/mol. The molecule has 3 heterocycles. The zero-order chi connectivity index (χ0) is 23.7. The molecule has 1 aliphatic heterocycles. The van der Waals surface area contributed by atoms with Crippen molar-refractivity contribution in [1.82, 2.24) is 15.0 Å². The van der Waals surface area contributed by atoms with Gasteiger partial charge in [-0.05, 0) is 49.9 Å². The molecule has 5 rings (SSSR count). The van der Waals surface area contributed by atoms with E-state index in [9.17, 15) is 14.7 Å². The van der Waals surface area contributed by atoms with E-state index in [0.29, 0.717) is 48.7 Å². The normalized spacial score (nSPS) is 17.7. The zero-order valence-electron chi connectivity index (χ0n) is 18.5. The van der Waals surface area contributed by atoms with Gasteiger partial charge in [-0.25, -0.2) is 14.4 Å². The van der Waals surface area contributed by atoms with Crippen LogP contribution in [0.15, 0.2) is 36.7 Å². The minimum atomic E-state index is -0.891. The quantitative estimate of drug-likeness (QED) is 0.475. The predicted octanol–water partition coefficient (Wildman–Crippen LogP) is 3.95. The molecule has 34 heavy (non-hydrogen) atoms. The molecule has 4 N–H and O–H groups in total. The summed E-state index contributed by atoms with van der Waals surface area (Å²) in [4.78, 5) is 9.78. The fourth-order valence-corrected chi connectivity index (χ4v) is 4.85. The molecule has 0 amide bonds. The van der Waals surface area contributed by atoms with E-state index < -0.39 is 11.4 Å². The Kier molecular flexibility index (Phi) is 6.23. The maximum atomic E-state index is 14.4. The van der Waals surface area contributed by atoms with Crippen LogP contribution in [0.5, 0.6) is 5.75 Å². The SMILES string of the molecule is Nc1ncc(-c2cnc(C3CCN(O)CC3)s2)cc1OCc1cc(C#CC2(O)CC2)ccc1F. The first-order valence-corrected chi connectivity index (χ1v) is 12.0. The highest BCUT2D eigenvalue weighted by Gasteiger charge is 2.38. The number of nitrogens with two attached hydrogens (primary N) is 1. The van der Waals surface area contributed by atoms with Gasteiger partial charge in [0.05, 0.1) is 9.88 Å². The number of nitrogen functional groups attached to an aromatic ring is 1. The Bertz CT molecular complexity index is 1260. The van der Waals surface area contributed by atoms with Crippen LogP contribution in [0.4, 0.5) is 10.2 Å². The standard InChI is InChI=1S/C25H25FN4O3S/c26-20-2-1-16(3-6-25(31)7-8-25)11-19(20)15-33-21-12-18(13-28-23(21)27)22-14-29-24(34-22)17-4-9-30(32)10-5-17/h1-2,11-14,17,31-32H,4-5,7-10,15H2,(H2,27,28). The summed E-state index contributed by atoms with van der Waals surface area (Å²) in [7, 11) is 0. The number of nitrogens with zero attached hydrogens (tertiary/aromatic N) is 3. The number of piperidine rings is 1. The molecule has 2 aromatic heterocycles. The summed E-state index contributed by atoms with van der Waals surface area (Å²) in [5, 5.41) is 21.9. The molecule has 1 aromatic carbocycles. The first-order valence-electron chi connectivity index (χ1n) is 11.2. The molecule has 1 saturated carbocycles. The van der Waals surface area contributed by atoms with Gasteiger partial charge in [0.25, 0.3) is 0 Å². The van der Waals surface area contributed by atoms with Crippen LogP contribution in [0.2, 0.25) is 0 Å². The molecule has 0 unspecified atom stereocenters. The molecule has 3 aromatic rings. The molecular formula is C25H25FN4O3S. The molecule has 0 atom stereocenters. The molecule has 0 bridgehead atoms. The lowest BCUT2D eigenvalue weighted by atomic mass is 9.99. The molecule has 1 aliphatic carbocycles. The molecule has 2 fully saturated rings. The summed E-state index contributed by atoms with van der Waals surface area (Å²) in [5.41, 5.74) is 6.91. The Morgan fingerprint density at radius 3 is 2.76 bits per heavy atom. The summed E-state index contributed by atoms with van der Waals surface area (Å²) < 4.78 is 20.2. The first-order chi connectivity index (χ1) is 16.4. The molecule has 176 valence electrons. The molecular weight excluding hydrogens is 455 g/mol. The van der Waals surface area contributed by atoms with E-state index in [1.54, 1.807) is 35.7 Å². The van der Waals surface area contributed by atoms with Gasteiger partial charge in [-0.1, -0.05) is 11.8 Å². The van der Waals surface area contributed by atoms with Crippen LogP contribution in [0, 0.1) is 17.7 Å². The fourth-order valence-electron chi connectivity index (χ4n) is 3.78. The highest BCUT2D eigenvalue weighted by Crippen LogP contribution is 2.36. The Hall–Kier alpha value is -3.03. The minimum Gasteiger partial charge on any atom is -0.485 e. The maximum Gasteiger partial charge on any atom is 0.166 e. The first kappa shape index (κ1) is 22.7. The monoisotopic (exact) mass is 480 g/mol. The number of ether oxygens (including phenoxy) is 1. The maximum absolute atomic E-state index is 14.4. The van der Waals surface area contributed by atoms with Crippen molar-refractivity contribution < 1.29 is 19.4 Å². The molecule has 9 heteroatoms. The third-order valence-corrected chi connectivity index (χ3v) is 7.31. The van der Waals surface area contributed by atoms with Crippen molar-refractivity contribution in [2.75, 3.05) is 18.8 Å². The number of aliphatic hydroxyl groups is 1. The Labute approximate surface area is 201 Å². The van der Waals surface area contributed by atoms with Gasteiger partial charge < -0.3 is 20.8 Å². The number of anilines is 1. The lowest BCUT2D eigenvalue weighted by Crippen LogP contribution is -2.29. The molecule has 2 aliphatic rings. The topological polar surface area (TPSA) is 105 Å². The number of hydroxylamine groups is 2. The second kappa shape index (κ2) is 9.31. The van der Waals surface area contributed by atoms with Gasteiger partial charge in [-0.3, -0.25) is 0 Å². The van der Waals surface area contributed by atoms with Crippen LogP contribution in [-0.4, -0.2) is 44.0 Å². The van der Waals surface area contributed by atoms with Crippen molar-refractivity contribution in [2.45, 2.75) is 43.8 Å². The highest BCUT2D eigenvalue weighted by atomic mass is 32.1. The average Bonchev–Trinajstić information content (AvgIpc) is 3.37. The average molecular weight is 481 g/mol. The van der Waals surface area contributed by atoms with Crippen LogP contribution in [0.3, 0.4) is 0 Å². The van der Waals surface area contributed by atoms with E-state index >= 15 is 0 Å². The third kappa shape index (κ3) is 5.21. The van der Waals surface area contributed by atoms with Crippen LogP contribution >= 0.6 is 11.3 Å². The third-order valence-electron chi connectivity index (χ3n) is 6.10. The van der Waals surface area contributed by atoms with Gasteiger partial charge in [-0.15, -0.1) is 11.3 Å². The summed E-state index contributed by atoms with van der Waals surface area (Å²) in [6.07, 6.45) is 6.57. The van der Waals surface area contributed by atoms with Crippen molar-refractivity contribution >= 4 is 17.2 Å². The van der Waals surface area contributed by atoms with Crippen LogP contribution < -0.4 is 10.5 Å². The van der Waals surface area contributed by atoms with Gasteiger partial charge in [0.15, 0.2) is 11.6 Å². The lowest BCUT2D eigenvalue weighted by Gasteiger charge is -2.25. The fraction of sp³-hybridized carbons (Fsp3) is 0.360. The Balaban J connectivity index is 1.30. The minimum absolute atomic E-state index is 0.0331. The Morgan fingerprint density at radius 2 is 2.00 bits per heavy atom. The number of hydrogen-bond acceptors (Lipinski definition) is 8. The second-order valence-electron chi connectivity index (χ2n) is 8.77. The zero-order valence-corrected chi connectivity index (χ0v) is 19.3. The van der Waals surface area contributed by atoms with Gasteiger partial charge >= 0.3 is 0 Å². The number of halogens is 1. The Morgan fingerprint density at radius 1 is 1.21 bits per heavy atom. The number of aromatic nitrogens is 2. The largest absolute Gasteiger partial charge is 0.485 e. The van der Waals surface area contributed by atoms with E-state index in [2.05, 4.69) is 21.8 Å². The van der Waals surface area contributed by atoms with Crippen LogP contribution in [0.25, 0.3) is 10.4 Å². The summed E-state index contributed by atoms with van der Waals surface area (Å²) in [6, 6.07) is 6.34. The van der Waals surface area contributed by atoms with Gasteiger partial charge in [0.2, 0.25) is 0 Å². The second-order valence-corrected chi connectivity index (χ2v) is 9.84. The van der Waals surface area contributed by atoms with E-state index in [1.807, 2.05) is 6.20 Å². The van der Waals surface area contributed by atoms with E-state index in [1.165, 1.54) is 11.1 Å². The summed E-state index contributed by atoms with van der Waals surface area (Å²) in [6.45, 7) is 1.26. The summed E-state index contributed by atoms with van der Waals surface area (Å²) >= 11 is 1.60. The van der Waals surface area contributed by atoms with Crippen molar-refractivity contribution in [1.29, 1.82) is 0 Å². The number of rotatable bonds is 5. The van der Waals surface area contributed by atoms with Crippen LogP contribution in [0.1, 0.15) is 47.7 Å². The van der Waals surface area contributed by atoms with Crippen molar-refractivity contribution in [3.63, 3.8) is 0 Å². The smallest absolute Gasteiger partial charge is 0.166 e. The van der Waals surface area contributed by atoms with Crippen molar-refractivity contribution in [2.24, 2.45) is 0 Å². The van der Waals surface area contributed by atoms with Crippen molar-refractivity contribution in [3.05, 3.63) is 58.6 Å². The van der Waals surface area contributed by atoms with E-state index in [0.717, 1.165) is 28.3 Å². The molecule has 0 spiro atoms. The van der Waals surface area contributed by atoms with Gasteiger partial charge in [0.1, 0.15) is 18.0 Å². The van der Waals surface area contributed by atoms with Gasteiger partial charge in [-0.2, -0.15) is 5.06 Å². The number of pyridine rings is 1. The lowest BCUT2D eigenvalue weighted by molar-refractivity contribution is -0.106. The van der Waals surface area contributed by atoms with E-state index in [4.69, 9.17) is 10.5 Å². The van der Waals surface area contributed by atoms with Crippen LogP contribution in [-0.2, 0) is 6.61 Å². The molecule has 0 radical (unpaired) electrons. The number of benzene rings is 1.